The van der Waals surface area contributed by atoms with Crippen LogP contribution in [0.4, 0.5) is 0 Å². The molecule has 0 bridgehead atoms. The number of aromatic nitrogens is 1. The quantitative estimate of drug-likeness (QED) is 0.508. The van der Waals surface area contributed by atoms with E-state index in [-0.39, 0.29) is 19.3 Å². The van der Waals surface area contributed by atoms with Crippen molar-refractivity contribution in [3.8, 4) is 17.2 Å². The summed E-state index contributed by atoms with van der Waals surface area (Å²) in [6.07, 6.45) is 1.72. The molecule has 4 rings (SSSR count). The fourth-order valence-electron chi connectivity index (χ4n) is 3.17. The van der Waals surface area contributed by atoms with E-state index in [1.165, 1.54) is 0 Å². The highest BCUT2D eigenvalue weighted by Crippen LogP contribution is 2.33. The number of halogens is 1. The van der Waals surface area contributed by atoms with Crippen molar-refractivity contribution in [2.45, 2.75) is 13.1 Å². The molecule has 2 heterocycles. The average molecular weight is 437 g/mol. The highest BCUT2D eigenvalue weighted by atomic mass is 35.5. The number of carbonyl (C=O) groups excluding carboxylic acids is 1. The first kappa shape index (κ1) is 20.8. The van der Waals surface area contributed by atoms with Crippen LogP contribution in [0.1, 0.15) is 21.6 Å². The van der Waals surface area contributed by atoms with Crippen molar-refractivity contribution in [1.29, 1.82) is 0 Å². The SMILES string of the molecule is C=C(Cl)COc1ccc(CN(Cc2ccccn2)C(=O)c2ccc3c(c2)OCO3)cc1. The van der Waals surface area contributed by atoms with Gasteiger partial charge >= 0.3 is 0 Å². The van der Waals surface area contributed by atoms with Gasteiger partial charge in [0.2, 0.25) is 6.79 Å². The summed E-state index contributed by atoms with van der Waals surface area (Å²) >= 11 is 5.75. The summed E-state index contributed by atoms with van der Waals surface area (Å²) in [6, 6.07) is 18.4. The maximum absolute atomic E-state index is 13.4. The molecule has 1 aliphatic rings. The van der Waals surface area contributed by atoms with Crippen molar-refractivity contribution in [2.24, 2.45) is 0 Å². The number of hydrogen-bond acceptors (Lipinski definition) is 5. The molecule has 2 aromatic carbocycles. The van der Waals surface area contributed by atoms with E-state index in [0.717, 1.165) is 11.3 Å². The average Bonchev–Trinajstić information content (AvgIpc) is 3.26. The van der Waals surface area contributed by atoms with Crippen LogP contribution in [-0.4, -0.2) is 29.2 Å². The smallest absolute Gasteiger partial charge is 0.254 e. The minimum Gasteiger partial charge on any atom is -0.488 e. The third-order valence-corrected chi connectivity index (χ3v) is 4.79. The molecule has 6 nitrogen and oxygen atoms in total. The number of ether oxygens (including phenoxy) is 3. The fraction of sp³-hybridized carbons (Fsp3) is 0.167. The molecule has 0 spiro atoms. The van der Waals surface area contributed by atoms with Crippen LogP contribution in [0, 0.1) is 0 Å². The fourth-order valence-corrected chi connectivity index (χ4v) is 3.23. The Morgan fingerprint density at radius 1 is 1.06 bits per heavy atom. The third-order valence-electron chi connectivity index (χ3n) is 4.68. The lowest BCUT2D eigenvalue weighted by Crippen LogP contribution is -2.30. The topological polar surface area (TPSA) is 60.9 Å². The minimum absolute atomic E-state index is 0.122. The van der Waals surface area contributed by atoms with Gasteiger partial charge in [0.05, 0.1) is 12.2 Å². The van der Waals surface area contributed by atoms with Crippen LogP contribution in [0.25, 0.3) is 0 Å². The van der Waals surface area contributed by atoms with Crippen molar-refractivity contribution in [3.05, 3.63) is 95.3 Å². The van der Waals surface area contributed by atoms with Gasteiger partial charge in [0.15, 0.2) is 11.5 Å². The lowest BCUT2D eigenvalue weighted by molar-refractivity contribution is 0.0727. The number of rotatable bonds is 8. The van der Waals surface area contributed by atoms with Crippen LogP contribution in [0.2, 0.25) is 0 Å². The van der Waals surface area contributed by atoms with Gasteiger partial charge in [-0.15, -0.1) is 0 Å². The van der Waals surface area contributed by atoms with Gasteiger partial charge in [-0.25, -0.2) is 0 Å². The van der Waals surface area contributed by atoms with Gasteiger partial charge in [-0.05, 0) is 48.0 Å². The van der Waals surface area contributed by atoms with Crippen molar-refractivity contribution in [1.82, 2.24) is 9.88 Å². The van der Waals surface area contributed by atoms with E-state index in [0.29, 0.717) is 40.9 Å². The molecule has 0 atom stereocenters. The molecule has 1 amide bonds. The zero-order valence-corrected chi connectivity index (χ0v) is 17.5. The molecule has 7 heteroatoms. The van der Waals surface area contributed by atoms with E-state index < -0.39 is 0 Å². The number of nitrogens with zero attached hydrogens (tertiary/aromatic N) is 2. The van der Waals surface area contributed by atoms with Crippen LogP contribution in [0.5, 0.6) is 17.2 Å². The lowest BCUT2D eigenvalue weighted by atomic mass is 10.1. The van der Waals surface area contributed by atoms with Crippen LogP contribution < -0.4 is 14.2 Å². The zero-order chi connectivity index (χ0) is 21.6. The molecule has 1 aliphatic heterocycles. The Morgan fingerprint density at radius 3 is 2.61 bits per heavy atom. The van der Waals surface area contributed by atoms with Gasteiger partial charge in [0.1, 0.15) is 12.4 Å². The van der Waals surface area contributed by atoms with Gasteiger partial charge < -0.3 is 19.1 Å². The number of pyridine rings is 1. The first-order valence-electron chi connectivity index (χ1n) is 9.72. The van der Waals surface area contributed by atoms with Crippen LogP contribution in [0.15, 0.2) is 78.5 Å². The molecule has 31 heavy (non-hydrogen) atoms. The third kappa shape index (κ3) is 5.35. The standard InChI is InChI=1S/C24H21ClN2O4/c1-17(25)15-29-21-8-5-18(6-9-21)13-27(14-20-4-2-3-11-26-20)24(28)19-7-10-22-23(12-19)31-16-30-22/h2-12H,1,13-16H2. The predicted octanol–water partition coefficient (Wildman–Crippen LogP) is 4.78. The van der Waals surface area contributed by atoms with Crippen molar-refractivity contribution in [3.63, 3.8) is 0 Å². The Kier molecular flexibility index (Phi) is 6.38. The van der Waals surface area contributed by atoms with Gasteiger partial charge in [-0.1, -0.05) is 36.4 Å². The summed E-state index contributed by atoms with van der Waals surface area (Å²) in [7, 11) is 0. The second-order valence-corrected chi connectivity index (χ2v) is 7.53. The van der Waals surface area contributed by atoms with E-state index in [1.807, 2.05) is 42.5 Å². The molecule has 0 N–H and O–H groups in total. The van der Waals surface area contributed by atoms with Gasteiger partial charge in [-0.3, -0.25) is 9.78 Å². The van der Waals surface area contributed by atoms with E-state index in [2.05, 4.69) is 11.6 Å². The van der Waals surface area contributed by atoms with E-state index >= 15 is 0 Å². The molecule has 0 unspecified atom stereocenters. The molecular weight excluding hydrogens is 416 g/mol. The van der Waals surface area contributed by atoms with Gasteiger partial charge in [0.25, 0.3) is 5.91 Å². The second-order valence-electron chi connectivity index (χ2n) is 7.00. The molecule has 0 aliphatic carbocycles. The van der Waals surface area contributed by atoms with Crippen molar-refractivity contribution >= 4 is 17.5 Å². The summed E-state index contributed by atoms with van der Waals surface area (Å²) < 4.78 is 16.3. The molecule has 1 aromatic heterocycles. The van der Waals surface area contributed by atoms with Crippen LogP contribution in [-0.2, 0) is 13.1 Å². The molecule has 0 fully saturated rings. The molecule has 0 saturated heterocycles. The summed E-state index contributed by atoms with van der Waals surface area (Å²) in [5, 5.41) is 0.430. The van der Waals surface area contributed by atoms with E-state index in [9.17, 15) is 4.79 Å². The van der Waals surface area contributed by atoms with Crippen molar-refractivity contribution < 1.29 is 19.0 Å². The lowest BCUT2D eigenvalue weighted by Gasteiger charge is -2.23. The largest absolute Gasteiger partial charge is 0.488 e. The van der Waals surface area contributed by atoms with E-state index in [4.69, 9.17) is 25.8 Å². The Bertz CT molecular complexity index is 1070. The molecular formula is C24H21ClN2O4. The van der Waals surface area contributed by atoms with Crippen LogP contribution >= 0.6 is 11.6 Å². The highest BCUT2D eigenvalue weighted by Gasteiger charge is 2.21. The zero-order valence-electron chi connectivity index (χ0n) is 16.8. The Hall–Kier alpha value is -3.51. The Labute approximate surface area is 185 Å². The number of amides is 1. The minimum atomic E-state index is -0.122. The predicted molar refractivity (Wildman–Crippen MR) is 117 cm³/mol. The summed E-state index contributed by atoms with van der Waals surface area (Å²) in [5.41, 5.74) is 2.29. The highest BCUT2D eigenvalue weighted by molar-refractivity contribution is 6.29. The second kappa shape index (κ2) is 9.53. The number of benzene rings is 2. The summed E-state index contributed by atoms with van der Waals surface area (Å²) in [5.74, 6) is 1.78. The van der Waals surface area contributed by atoms with Gasteiger partial charge in [-0.2, -0.15) is 0 Å². The first-order chi connectivity index (χ1) is 15.1. The molecule has 0 radical (unpaired) electrons. The normalized spacial score (nSPS) is 11.8. The Balaban J connectivity index is 1.54. The molecule has 158 valence electrons. The molecule has 0 saturated carbocycles. The monoisotopic (exact) mass is 436 g/mol. The first-order valence-corrected chi connectivity index (χ1v) is 10.1. The summed E-state index contributed by atoms with van der Waals surface area (Å²) in [4.78, 5) is 19.5. The summed E-state index contributed by atoms with van der Waals surface area (Å²) in [6.45, 7) is 4.80. The number of carbonyl (C=O) groups is 1. The van der Waals surface area contributed by atoms with Crippen molar-refractivity contribution in [2.75, 3.05) is 13.4 Å². The number of hydrogen-bond donors (Lipinski definition) is 0. The van der Waals surface area contributed by atoms with Crippen LogP contribution in [0.3, 0.4) is 0 Å². The maximum atomic E-state index is 13.4. The number of fused-ring (bicyclic) bond motifs is 1. The van der Waals surface area contributed by atoms with Gasteiger partial charge in [0, 0.05) is 23.3 Å². The maximum Gasteiger partial charge on any atom is 0.254 e. The van der Waals surface area contributed by atoms with E-state index in [1.54, 1.807) is 29.3 Å². The Morgan fingerprint density at radius 2 is 1.87 bits per heavy atom. The molecule has 3 aromatic rings.